The van der Waals surface area contributed by atoms with Crippen LogP contribution in [0.4, 0.5) is 14.5 Å². The maximum absolute atomic E-state index is 13.0. The Morgan fingerprint density at radius 2 is 1.50 bits per heavy atom. The van der Waals surface area contributed by atoms with Crippen LogP contribution in [0.3, 0.4) is 0 Å². The summed E-state index contributed by atoms with van der Waals surface area (Å²) in [5, 5.41) is 2.56. The van der Waals surface area contributed by atoms with Crippen LogP contribution >= 0.6 is 0 Å². The van der Waals surface area contributed by atoms with Gasteiger partial charge in [-0.3, -0.25) is 14.4 Å². The number of anilines is 1. The molecule has 2 aromatic rings. The Morgan fingerprint density at radius 1 is 0.967 bits per heavy atom. The first-order valence-corrected chi connectivity index (χ1v) is 9.65. The van der Waals surface area contributed by atoms with Crippen molar-refractivity contribution in [3.05, 3.63) is 65.7 Å². The van der Waals surface area contributed by atoms with E-state index in [0.717, 1.165) is 0 Å². The first kappa shape index (κ1) is 21.4. The number of likely N-dealkylation sites (tertiary alicyclic amines) is 1. The summed E-state index contributed by atoms with van der Waals surface area (Å²) in [7, 11) is 0. The largest absolute Gasteiger partial charge is 0.452 e. The topological polar surface area (TPSA) is 75.7 Å². The summed E-state index contributed by atoms with van der Waals surface area (Å²) in [4.78, 5) is 38.6. The lowest BCUT2D eigenvalue weighted by atomic mass is 9.96. The van der Waals surface area contributed by atoms with Gasteiger partial charge in [0, 0.05) is 24.3 Å². The van der Waals surface area contributed by atoms with E-state index in [1.54, 1.807) is 4.90 Å². The molecule has 0 spiro atoms. The van der Waals surface area contributed by atoms with E-state index < -0.39 is 35.5 Å². The summed E-state index contributed by atoms with van der Waals surface area (Å²) < 4.78 is 31.2. The van der Waals surface area contributed by atoms with Crippen molar-refractivity contribution in [3.8, 4) is 0 Å². The van der Waals surface area contributed by atoms with Crippen LogP contribution in [-0.2, 0) is 14.3 Å². The van der Waals surface area contributed by atoms with Gasteiger partial charge in [-0.15, -0.1) is 0 Å². The van der Waals surface area contributed by atoms with Crippen molar-refractivity contribution in [2.75, 3.05) is 18.4 Å². The van der Waals surface area contributed by atoms with Gasteiger partial charge in [0.2, 0.25) is 0 Å². The second kappa shape index (κ2) is 9.47. The van der Waals surface area contributed by atoms with Crippen molar-refractivity contribution in [1.29, 1.82) is 0 Å². The average Bonchev–Trinajstić information content (AvgIpc) is 2.75. The third-order valence-corrected chi connectivity index (χ3v) is 4.98. The molecule has 1 aliphatic heterocycles. The highest BCUT2D eigenvalue weighted by atomic mass is 19.1. The van der Waals surface area contributed by atoms with Gasteiger partial charge in [-0.2, -0.15) is 0 Å². The normalized spacial score (nSPS) is 15.4. The van der Waals surface area contributed by atoms with E-state index in [4.69, 9.17) is 4.74 Å². The average molecular weight is 416 g/mol. The fraction of sp³-hybridized carbons (Fsp3) is 0.318. The summed E-state index contributed by atoms with van der Waals surface area (Å²) in [6, 6.07) is 10.6. The van der Waals surface area contributed by atoms with Gasteiger partial charge in [0.25, 0.3) is 11.8 Å². The fourth-order valence-electron chi connectivity index (χ4n) is 3.19. The third kappa shape index (κ3) is 5.40. The minimum Gasteiger partial charge on any atom is -0.452 e. The smallest absolute Gasteiger partial charge is 0.309 e. The van der Waals surface area contributed by atoms with Crippen LogP contribution in [0, 0.1) is 17.6 Å². The number of carbonyl (C=O) groups excluding carboxylic acids is 3. The van der Waals surface area contributed by atoms with Gasteiger partial charge in [-0.1, -0.05) is 0 Å². The number of rotatable bonds is 5. The number of nitrogens with one attached hydrogen (secondary N) is 1. The zero-order valence-corrected chi connectivity index (χ0v) is 16.4. The van der Waals surface area contributed by atoms with Crippen molar-refractivity contribution >= 4 is 23.5 Å². The molecular formula is C22H22F2N2O4. The zero-order chi connectivity index (χ0) is 21.7. The zero-order valence-electron chi connectivity index (χ0n) is 16.4. The van der Waals surface area contributed by atoms with E-state index in [1.807, 2.05) is 0 Å². The number of nitrogens with zero attached hydrogens (tertiary/aromatic N) is 1. The summed E-state index contributed by atoms with van der Waals surface area (Å²) >= 11 is 0. The van der Waals surface area contributed by atoms with E-state index in [9.17, 15) is 23.2 Å². The molecule has 0 aromatic heterocycles. The van der Waals surface area contributed by atoms with E-state index in [-0.39, 0.29) is 5.91 Å². The highest BCUT2D eigenvalue weighted by molar-refractivity contribution is 5.95. The van der Waals surface area contributed by atoms with Crippen molar-refractivity contribution in [2.24, 2.45) is 5.92 Å². The number of halogens is 2. The fourth-order valence-corrected chi connectivity index (χ4v) is 3.19. The molecule has 1 N–H and O–H groups in total. The van der Waals surface area contributed by atoms with Crippen molar-refractivity contribution < 1.29 is 27.9 Å². The SMILES string of the molecule is C[C@H](OC(=O)C1CCN(C(=O)c2ccc(F)cc2)CC1)C(=O)Nc1ccc(F)cc1. The maximum atomic E-state index is 13.0. The third-order valence-electron chi connectivity index (χ3n) is 4.98. The Balaban J connectivity index is 1.47. The van der Waals surface area contributed by atoms with Crippen LogP contribution in [-0.4, -0.2) is 41.9 Å². The minimum atomic E-state index is -1.01. The first-order valence-electron chi connectivity index (χ1n) is 9.65. The Kier molecular flexibility index (Phi) is 6.76. The van der Waals surface area contributed by atoms with E-state index in [1.165, 1.54) is 55.5 Å². The van der Waals surface area contributed by atoms with E-state index >= 15 is 0 Å². The Labute approximate surface area is 172 Å². The lowest BCUT2D eigenvalue weighted by molar-refractivity contribution is -0.158. The Morgan fingerprint density at radius 3 is 2.07 bits per heavy atom. The molecule has 1 fully saturated rings. The molecular weight excluding hydrogens is 394 g/mol. The number of amides is 2. The van der Waals surface area contributed by atoms with Gasteiger partial charge < -0.3 is 15.0 Å². The van der Waals surface area contributed by atoms with Crippen molar-refractivity contribution in [1.82, 2.24) is 4.90 Å². The van der Waals surface area contributed by atoms with Gasteiger partial charge in [0.1, 0.15) is 11.6 Å². The van der Waals surface area contributed by atoms with Crippen LogP contribution in [0.5, 0.6) is 0 Å². The summed E-state index contributed by atoms with van der Waals surface area (Å²) in [6.45, 7) is 2.20. The monoisotopic (exact) mass is 416 g/mol. The molecule has 0 unspecified atom stereocenters. The number of piperidine rings is 1. The molecule has 1 saturated heterocycles. The van der Waals surface area contributed by atoms with E-state index in [2.05, 4.69) is 5.32 Å². The highest BCUT2D eigenvalue weighted by Gasteiger charge is 2.30. The summed E-state index contributed by atoms with van der Waals surface area (Å²) in [6.07, 6.45) is -0.183. The quantitative estimate of drug-likeness (QED) is 0.759. The number of esters is 1. The Hall–Kier alpha value is -3.29. The molecule has 1 heterocycles. The van der Waals surface area contributed by atoms with Crippen LogP contribution in [0.25, 0.3) is 0 Å². The minimum absolute atomic E-state index is 0.214. The number of hydrogen-bond donors (Lipinski definition) is 1. The standard InChI is InChI=1S/C22H22F2N2O4/c1-14(20(27)25-19-8-6-18(24)7-9-19)30-22(29)16-10-12-26(13-11-16)21(28)15-2-4-17(23)5-3-15/h2-9,14,16H,10-13H2,1H3,(H,25,27)/t14-/m0/s1. The van der Waals surface area contributed by atoms with Crippen LogP contribution in [0.2, 0.25) is 0 Å². The molecule has 2 amide bonds. The van der Waals surface area contributed by atoms with Gasteiger partial charge in [-0.25, -0.2) is 8.78 Å². The number of ether oxygens (including phenoxy) is 1. The number of hydrogen-bond acceptors (Lipinski definition) is 4. The molecule has 1 atom stereocenters. The lowest BCUT2D eigenvalue weighted by Crippen LogP contribution is -2.41. The predicted octanol–water partition coefficient (Wildman–Crippen LogP) is 3.39. The van der Waals surface area contributed by atoms with Gasteiger partial charge in [0.15, 0.2) is 6.10 Å². The molecule has 0 saturated carbocycles. The molecule has 6 nitrogen and oxygen atoms in total. The molecule has 1 aliphatic rings. The van der Waals surface area contributed by atoms with Crippen molar-refractivity contribution in [3.63, 3.8) is 0 Å². The second-order valence-electron chi connectivity index (χ2n) is 7.15. The molecule has 3 rings (SSSR count). The molecule has 0 bridgehead atoms. The van der Waals surface area contributed by atoms with Crippen LogP contribution in [0.15, 0.2) is 48.5 Å². The van der Waals surface area contributed by atoms with Crippen LogP contribution in [0.1, 0.15) is 30.1 Å². The van der Waals surface area contributed by atoms with Gasteiger partial charge >= 0.3 is 5.97 Å². The molecule has 0 aliphatic carbocycles. The molecule has 30 heavy (non-hydrogen) atoms. The summed E-state index contributed by atoms with van der Waals surface area (Å²) in [5.74, 6) is -2.47. The van der Waals surface area contributed by atoms with Gasteiger partial charge in [0.05, 0.1) is 5.92 Å². The maximum Gasteiger partial charge on any atom is 0.309 e. The van der Waals surface area contributed by atoms with E-state index in [0.29, 0.717) is 37.2 Å². The Bertz CT molecular complexity index is 908. The van der Waals surface area contributed by atoms with Gasteiger partial charge in [-0.05, 0) is 68.3 Å². The highest BCUT2D eigenvalue weighted by Crippen LogP contribution is 2.21. The van der Waals surface area contributed by atoms with Crippen LogP contribution < -0.4 is 5.32 Å². The molecule has 2 aromatic carbocycles. The lowest BCUT2D eigenvalue weighted by Gasteiger charge is -2.31. The second-order valence-corrected chi connectivity index (χ2v) is 7.15. The number of benzene rings is 2. The molecule has 0 radical (unpaired) electrons. The summed E-state index contributed by atoms with van der Waals surface area (Å²) in [5.41, 5.74) is 0.792. The first-order chi connectivity index (χ1) is 14.3. The molecule has 158 valence electrons. The molecule has 8 heteroatoms. The number of carbonyl (C=O) groups is 3. The predicted molar refractivity (Wildman–Crippen MR) is 106 cm³/mol. The van der Waals surface area contributed by atoms with Crippen molar-refractivity contribution in [2.45, 2.75) is 25.9 Å².